The van der Waals surface area contributed by atoms with Crippen molar-refractivity contribution in [2.75, 3.05) is 36.8 Å². The van der Waals surface area contributed by atoms with Crippen LogP contribution < -0.4 is 17.2 Å². The minimum atomic E-state index is -1.11. The Morgan fingerprint density at radius 3 is 0.886 bits per heavy atom. The number of nitrogens with two attached hydrogens (primary N) is 3. The number of aromatic amines is 3. The second-order valence-corrected chi connectivity index (χ2v) is 39.3. The summed E-state index contributed by atoms with van der Waals surface area (Å²) in [6.45, 7) is 34.7. The largest absolute Gasteiger partial charge is 0.387 e. The van der Waals surface area contributed by atoms with E-state index in [4.69, 9.17) is 46.4 Å². The van der Waals surface area contributed by atoms with Gasteiger partial charge in [0.1, 0.15) is 108 Å². The molecule has 0 unspecified atom stereocenters. The van der Waals surface area contributed by atoms with Gasteiger partial charge in [0.15, 0.2) is 53.1 Å². The van der Waals surface area contributed by atoms with Gasteiger partial charge in [-0.05, 0) is 186 Å². The van der Waals surface area contributed by atoms with Crippen molar-refractivity contribution in [1.29, 1.82) is 0 Å². The van der Waals surface area contributed by atoms with Crippen LogP contribution in [0.1, 0.15) is 214 Å². The second-order valence-electron chi connectivity index (χ2n) is 39.3. The number of nitrogens with one attached hydrogen (secondary N) is 3. The van der Waals surface area contributed by atoms with Gasteiger partial charge in [0.05, 0.1) is 52.1 Å². The lowest BCUT2D eigenvalue weighted by molar-refractivity contribution is -0.0620. The fourth-order valence-corrected chi connectivity index (χ4v) is 19.1. The Balaban J connectivity index is 0.000000137. The van der Waals surface area contributed by atoms with Crippen LogP contribution in [0.5, 0.6) is 0 Å². The lowest BCUT2D eigenvalue weighted by Gasteiger charge is -2.46. The number of aliphatic hydroxyl groups is 6. The predicted molar refractivity (Wildman–Crippen MR) is 471 cm³/mol. The van der Waals surface area contributed by atoms with Crippen LogP contribution in [0.3, 0.4) is 0 Å². The summed E-state index contributed by atoms with van der Waals surface area (Å²) in [6, 6.07) is 21.7. The molecule has 123 heavy (non-hydrogen) atoms. The van der Waals surface area contributed by atoms with Crippen molar-refractivity contribution in [1.82, 2.24) is 103 Å². The molecule has 3 saturated carbocycles. The summed E-state index contributed by atoms with van der Waals surface area (Å²) in [5.41, 5.74) is 31.2. The molecule has 12 atom stereocenters. The summed E-state index contributed by atoms with van der Waals surface area (Å²) in [5, 5.41) is 65.5. The SMILES string of the molecule is CC(C)N(C[C@H]1O[C@@H](n2cnc3c(N)ncnc32)[C@H](O)[C@@H]1O)C1CC(CCc2nc3ccc(C(C)(C)C)cc3[nH]2)C1.CC(C)N(C[C@H]1O[C@@H](n2cnc3c(N)ncnc32)[C@H](O)[C@@H]1O)C1CC(CCc2nc3ccc(C(C)(C)C)cc3[nH]2)C1.CC(C)N(C[C@H]1O[C@@H](n2cnc3c(N)ncnc32)[C@H](O)[C@@H]1O)C1CC(CCc2nc3ccc(C(C)(C)C)cc3[nH]2)C1. The molecular weight excluding hydrogens is 1560 g/mol. The molecule has 3 aromatic carbocycles. The highest BCUT2D eigenvalue weighted by Gasteiger charge is 2.51. The molecule has 12 aromatic rings. The van der Waals surface area contributed by atoms with Crippen molar-refractivity contribution in [2.45, 2.75) is 307 Å². The van der Waals surface area contributed by atoms with Crippen LogP contribution in [-0.2, 0) is 49.7 Å². The van der Waals surface area contributed by atoms with E-state index in [1.54, 1.807) is 13.7 Å². The molecule has 3 aliphatic heterocycles. The number of rotatable bonds is 24. The Morgan fingerprint density at radius 2 is 0.642 bits per heavy atom. The van der Waals surface area contributed by atoms with Gasteiger partial charge >= 0.3 is 0 Å². The highest BCUT2D eigenvalue weighted by Crippen LogP contribution is 2.44. The number of hydrogen-bond donors (Lipinski definition) is 12. The lowest BCUT2D eigenvalue weighted by atomic mass is 9.76. The zero-order valence-corrected chi connectivity index (χ0v) is 73.6. The van der Waals surface area contributed by atoms with E-state index in [9.17, 15) is 30.6 Å². The first kappa shape index (κ1) is 87.1. The van der Waals surface area contributed by atoms with Gasteiger partial charge < -0.3 is 77.0 Å². The average Bonchev–Trinajstić information content (AvgIpc) is 1.61. The number of aryl methyl sites for hydroxylation is 3. The standard InChI is InChI=1S/3C30H42N8O3/c3*1-16(2)37(13-22-25(39)26(40)29(41-22)38-15-34-24-27(31)32-14-33-28(24)38)19-10-17(11-19)6-9-23-35-20-8-7-18(30(3,4)5)12-21(20)36-23/h3*7-8,12,14-17,19,22,25-26,29,39-40H,6,9-11,13H2,1-5H3,(H,35,36)(H2,31,32,33)/t3*17?,19?,22-,25-,26-,29-/m111/s1. The Hall–Kier alpha value is -9.36. The van der Waals surface area contributed by atoms with E-state index in [2.05, 4.69) is 233 Å². The molecule has 6 aliphatic rings. The molecule has 0 bridgehead atoms. The number of ether oxygens (including phenoxy) is 3. The summed E-state index contributed by atoms with van der Waals surface area (Å²) in [6.07, 6.45) is 10.9. The quantitative estimate of drug-likeness (QED) is 0.0267. The summed E-state index contributed by atoms with van der Waals surface area (Å²) < 4.78 is 23.6. The third kappa shape index (κ3) is 18.1. The number of benzene rings is 3. The number of aliphatic hydroxyl groups excluding tert-OH is 6. The third-order valence-corrected chi connectivity index (χ3v) is 26.8. The molecule has 660 valence electrons. The summed E-state index contributed by atoms with van der Waals surface area (Å²) >= 11 is 0. The molecule has 6 fully saturated rings. The number of aromatic nitrogens is 18. The number of hydrogen-bond acceptors (Lipinski definition) is 27. The lowest BCUT2D eigenvalue weighted by Crippen LogP contribution is -2.52. The fourth-order valence-electron chi connectivity index (χ4n) is 19.1. The van der Waals surface area contributed by atoms with E-state index in [-0.39, 0.29) is 51.8 Å². The molecular formula is C90H126N24O9. The first-order valence-corrected chi connectivity index (χ1v) is 44.1. The Labute approximate surface area is 716 Å². The van der Waals surface area contributed by atoms with E-state index >= 15 is 0 Å². The Morgan fingerprint density at radius 1 is 0.382 bits per heavy atom. The predicted octanol–water partition coefficient (Wildman–Crippen LogP) is 9.97. The maximum absolute atomic E-state index is 10.9. The van der Waals surface area contributed by atoms with E-state index in [0.717, 1.165) is 128 Å². The molecule has 12 heterocycles. The van der Waals surface area contributed by atoms with E-state index < -0.39 is 73.6 Å². The minimum absolute atomic E-state index is 0.110. The normalized spacial score (nSPS) is 27.0. The van der Waals surface area contributed by atoms with Crippen LogP contribution in [0.4, 0.5) is 17.5 Å². The average molecular weight is 1690 g/mol. The zero-order valence-electron chi connectivity index (χ0n) is 73.6. The molecule has 15 N–H and O–H groups in total. The smallest absolute Gasteiger partial charge is 0.167 e. The van der Waals surface area contributed by atoms with Crippen LogP contribution >= 0.6 is 0 Å². The van der Waals surface area contributed by atoms with Gasteiger partial charge in [-0.3, -0.25) is 28.4 Å². The number of anilines is 3. The van der Waals surface area contributed by atoms with Crippen molar-refractivity contribution in [3.8, 4) is 0 Å². The summed E-state index contributed by atoms with van der Waals surface area (Å²) in [4.78, 5) is 69.9. The molecule has 9 aromatic heterocycles. The number of H-pyrrole nitrogens is 3. The zero-order chi connectivity index (χ0) is 87.2. The molecule has 3 aliphatic carbocycles. The van der Waals surface area contributed by atoms with Crippen molar-refractivity contribution in [3.05, 3.63) is 127 Å². The molecule has 0 amide bonds. The number of nitrogens with zero attached hydrogens (tertiary/aromatic N) is 18. The maximum Gasteiger partial charge on any atom is 0.167 e. The Bertz CT molecular complexity index is 5100. The van der Waals surface area contributed by atoms with Gasteiger partial charge in [0, 0.05) is 75.1 Å². The molecule has 33 nitrogen and oxygen atoms in total. The van der Waals surface area contributed by atoms with Crippen LogP contribution in [0, 0.1) is 17.8 Å². The van der Waals surface area contributed by atoms with Gasteiger partial charge in [-0.15, -0.1) is 0 Å². The molecule has 0 spiro atoms. The summed E-state index contributed by atoms with van der Waals surface area (Å²) in [7, 11) is 0. The third-order valence-electron chi connectivity index (χ3n) is 26.8. The first-order chi connectivity index (χ1) is 58.5. The molecule has 3 saturated heterocycles. The minimum Gasteiger partial charge on any atom is -0.387 e. The van der Waals surface area contributed by atoms with Gasteiger partial charge in [-0.25, -0.2) is 59.8 Å². The van der Waals surface area contributed by atoms with Crippen LogP contribution in [0.15, 0.2) is 92.6 Å². The monoisotopic (exact) mass is 1690 g/mol. The number of nitrogen functional groups attached to an aromatic ring is 3. The van der Waals surface area contributed by atoms with Crippen molar-refractivity contribution in [2.24, 2.45) is 17.8 Å². The van der Waals surface area contributed by atoms with Crippen LogP contribution in [-0.4, -0.2) is 245 Å². The highest BCUT2D eigenvalue weighted by molar-refractivity contribution is 5.83. The first-order valence-electron chi connectivity index (χ1n) is 44.1. The highest BCUT2D eigenvalue weighted by atomic mass is 16.6. The Kier molecular flexibility index (Phi) is 24.7. The van der Waals surface area contributed by atoms with E-state index in [0.29, 0.717) is 89.0 Å². The maximum atomic E-state index is 10.9. The van der Waals surface area contributed by atoms with Crippen molar-refractivity contribution in [3.63, 3.8) is 0 Å². The van der Waals surface area contributed by atoms with E-state index in [1.165, 1.54) is 54.7 Å². The van der Waals surface area contributed by atoms with Crippen molar-refractivity contribution >= 4 is 84.0 Å². The molecule has 18 rings (SSSR count). The van der Waals surface area contributed by atoms with Gasteiger partial charge in [0.2, 0.25) is 0 Å². The second kappa shape index (κ2) is 34.9. The topological polar surface area (TPSA) is 454 Å². The van der Waals surface area contributed by atoms with Gasteiger partial charge in [-0.1, -0.05) is 80.5 Å². The fraction of sp³-hybridized carbons (Fsp3) is 0.600. The molecule has 33 heteroatoms. The molecule has 0 radical (unpaired) electrons. The van der Waals surface area contributed by atoms with Crippen molar-refractivity contribution < 1.29 is 44.8 Å². The van der Waals surface area contributed by atoms with Gasteiger partial charge in [-0.2, -0.15) is 0 Å². The van der Waals surface area contributed by atoms with Crippen LogP contribution in [0.25, 0.3) is 66.6 Å². The number of fused-ring (bicyclic) bond motifs is 6. The van der Waals surface area contributed by atoms with E-state index in [1.807, 2.05) is 0 Å². The summed E-state index contributed by atoms with van der Waals surface area (Å²) in [5.74, 6) is 5.85. The van der Waals surface area contributed by atoms with Gasteiger partial charge in [0.25, 0.3) is 0 Å². The number of imidazole rings is 6. The van der Waals surface area contributed by atoms with Crippen LogP contribution in [0.2, 0.25) is 0 Å².